The number of hydrogen-bond acceptors (Lipinski definition) is 1. The molecule has 3 unspecified atom stereocenters. The molecule has 1 N–H and O–H groups in total. The topological polar surface area (TPSA) is 20.2 Å². The molecule has 10 heavy (non-hydrogen) atoms. The van der Waals surface area contributed by atoms with E-state index in [0.717, 1.165) is 12.8 Å². The van der Waals surface area contributed by atoms with Crippen LogP contribution in [-0.2, 0) is 0 Å². The molecule has 3 atom stereocenters. The first-order chi connectivity index (χ1) is 4.74. The Labute approximate surface area is 61.1 Å². The van der Waals surface area contributed by atoms with E-state index in [4.69, 9.17) is 0 Å². The number of aliphatic hydroxyl groups is 1. The second-order valence-corrected chi connectivity index (χ2v) is 3.39. The first kappa shape index (κ1) is 6.17. The van der Waals surface area contributed by atoms with E-state index >= 15 is 0 Å². The second kappa shape index (κ2) is 1.73. The van der Waals surface area contributed by atoms with Gasteiger partial charge in [-0.05, 0) is 18.8 Å². The zero-order valence-electron chi connectivity index (χ0n) is 5.96. The fraction of sp³-hybridized carbons (Fsp3) is 0.556. The lowest BCUT2D eigenvalue weighted by Crippen LogP contribution is -2.30. The normalized spacial score (nSPS) is 50.1. The lowest BCUT2D eigenvalue weighted by atomic mass is 9.89. The van der Waals surface area contributed by atoms with Crippen LogP contribution in [0.4, 0.5) is 0 Å². The van der Waals surface area contributed by atoms with E-state index in [9.17, 15) is 5.11 Å². The van der Waals surface area contributed by atoms with Crippen LogP contribution in [-0.4, -0.2) is 10.7 Å². The van der Waals surface area contributed by atoms with Crippen molar-refractivity contribution in [2.24, 2.45) is 11.8 Å². The van der Waals surface area contributed by atoms with E-state index in [1.165, 1.54) is 0 Å². The van der Waals surface area contributed by atoms with E-state index in [0.29, 0.717) is 11.8 Å². The minimum Gasteiger partial charge on any atom is -0.385 e. The van der Waals surface area contributed by atoms with Crippen LogP contribution in [0.3, 0.4) is 0 Å². The van der Waals surface area contributed by atoms with Crippen LogP contribution < -0.4 is 0 Å². The highest BCUT2D eigenvalue weighted by atomic mass is 16.3. The van der Waals surface area contributed by atoms with Crippen molar-refractivity contribution in [3.05, 3.63) is 24.8 Å². The summed E-state index contributed by atoms with van der Waals surface area (Å²) in [7, 11) is 0. The van der Waals surface area contributed by atoms with Gasteiger partial charge in [0.05, 0.1) is 5.60 Å². The summed E-state index contributed by atoms with van der Waals surface area (Å²) in [6.07, 6.45) is 8.04. The Morgan fingerprint density at radius 2 is 2.40 bits per heavy atom. The molecule has 0 heterocycles. The zero-order valence-corrected chi connectivity index (χ0v) is 5.96. The van der Waals surface area contributed by atoms with Crippen LogP contribution in [0.5, 0.6) is 0 Å². The number of allylic oxidation sites excluding steroid dienone is 1. The van der Waals surface area contributed by atoms with E-state index in [1.807, 2.05) is 0 Å². The summed E-state index contributed by atoms with van der Waals surface area (Å²) in [5.41, 5.74) is -0.570. The first-order valence-corrected chi connectivity index (χ1v) is 3.79. The maximum absolute atomic E-state index is 9.82. The SMILES string of the molecule is C=CC1(O)CC2C=CC1C2. The lowest BCUT2D eigenvalue weighted by Gasteiger charge is -2.25. The van der Waals surface area contributed by atoms with Gasteiger partial charge < -0.3 is 5.11 Å². The Morgan fingerprint density at radius 1 is 1.60 bits per heavy atom. The van der Waals surface area contributed by atoms with Crippen LogP contribution in [0.2, 0.25) is 0 Å². The fourth-order valence-electron chi connectivity index (χ4n) is 2.10. The van der Waals surface area contributed by atoms with E-state index in [1.54, 1.807) is 6.08 Å². The average Bonchev–Trinajstić information content (AvgIpc) is 2.46. The Hall–Kier alpha value is -0.560. The highest BCUT2D eigenvalue weighted by Gasteiger charge is 2.44. The van der Waals surface area contributed by atoms with Crippen molar-refractivity contribution in [3.8, 4) is 0 Å². The largest absolute Gasteiger partial charge is 0.385 e. The first-order valence-electron chi connectivity index (χ1n) is 3.79. The van der Waals surface area contributed by atoms with E-state index in [-0.39, 0.29) is 0 Å². The molecule has 2 aliphatic rings. The Kier molecular flexibility index (Phi) is 1.07. The smallest absolute Gasteiger partial charge is 0.0893 e. The summed E-state index contributed by atoms with van der Waals surface area (Å²) < 4.78 is 0. The second-order valence-electron chi connectivity index (χ2n) is 3.39. The molecule has 0 saturated heterocycles. The molecule has 1 heteroatoms. The third-order valence-corrected chi connectivity index (χ3v) is 2.76. The van der Waals surface area contributed by atoms with Gasteiger partial charge in [-0.25, -0.2) is 0 Å². The molecule has 1 nitrogen and oxygen atoms in total. The van der Waals surface area contributed by atoms with Gasteiger partial charge in [-0.15, -0.1) is 6.58 Å². The molecule has 0 aromatic rings. The Bertz CT molecular complexity index is 195. The van der Waals surface area contributed by atoms with Gasteiger partial charge in [0.15, 0.2) is 0 Å². The average molecular weight is 136 g/mol. The van der Waals surface area contributed by atoms with Gasteiger partial charge >= 0.3 is 0 Å². The molecule has 0 aromatic carbocycles. The maximum atomic E-state index is 9.82. The summed E-state index contributed by atoms with van der Waals surface area (Å²) in [5.74, 6) is 0.975. The van der Waals surface area contributed by atoms with Crippen molar-refractivity contribution in [2.75, 3.05) is 0 Å². The fourth-order valence-corrected chi connectivity index (χ4v) is 2.10. The summed E-state index contributed by atoms with van der Waals surface area (Å²) in [6, 6.07) is 0. The summed E-state index contributed by atoms with van der Waals surface area (Å²) >= 11 is 0. The number of fused-ring (bicyclic) bond motifs is 2. The van der Waals surface area contributed by atoms with Crippen molar-refractivity contribution in [2.45, 2.75) is 18.4 Å². The van der Waals surface area contributed by atoms with Crippen LogP contribution >= 0.6 is 0 Å². The van der Waals surface area contributed by atoms with Crippen LogP contribution in [0.1, 0.15) is 12.8 Å². The lowest BCUT2D eigenvalue weighted by molar-refractivity contribution is 0.0652. The molecule has 0 amide bonds. The highest BCUT2D eigenvalue weighted by molar-refractivity contribution is 5.21. The van der Waals surface area contributed by atoms with Gasteiger partial charge in [0.25, 0.3) is 0 Å². The molecule has 2 rings (SSSR count). The maximum Gasteiger partial charge on any atom is 0.0893 e. The molecule has 0 aliphatic heterocycles. The molecule has 2 aliphatic carbocycles. The van der Waals surface area contributed by atoms with Crippen molar-refractivity contribution < 1.29 is 5.11 Å². The molecule has 0 aromatic heterocycles. The van der Waals surface area contributed by atoms with Crippen molar-refractivity contribution in [1.82, 2.24) is 0 Å². The molecular weight excluding hydrogens is 124 g/mol. The van der Waals surface area contributed by atoms with Crippen molar-refractivity contribution in [3.63, 3.8) is 0 Å². The van der Waals surface area contributed by atoms with Gasteiger partial charge in [-0.2, -0.15) is 0 Å². The quantitative estimate of drug-likeness (QED) is 0.541. The highest BCUT2D eigenvalue weighted by Crippen LogP contribution is 2.46. The predicted molar refractivity (Wildman–Crippen MR) is 40.5 cm³/mol. The standard InChI is InChI=1S/C9H12O/c1-2-9(10)6-7-3-4-8(9)5-7/h2-4,7-8,10H,1,5-6H2. The third kappa shape index (κ3) is 0.613. The van der Waals surface area contributed by atoms with Crippen molar-refractivity contribution >= 4 is 0 Å². The van der Waals surface area contributed by atoms with Gasteiger partial charge in [0.2, 0.25) is 0 Å². The van der Waals surface area contributed by atoms with Gasteiger partial charge in [0.1, 0.15) is 0 Å². The zero-order chi connectivity index (χ0) is 7.19. The number of hydrogen-bond donors (Lipinski definition) is 1. The Balaban J connectivity index is 2.30. The van der Waals surface area contributed by atoms with Crippen LogP contribution in [0.15, 0.2) is 24.8 Å². The molecule has 1 saturated carbocycles. The van der Waals surface area contributed by atoms with E-state index in [2.05, 4.69) is 18.7 Å². The molecule has 0 spiro atoms. The molecular formula is C9H12O. The van der Waals surface area contributed by atoms with E-state index < -0.39 is 5.60 Å². The third-order valence-electron chi connectivity index (χ3n) is 2.76. The molecule has 2 bridgehead atoms. The monoisotopic (exact) mass is 136 g/mol. The molecule has 0 radical (unpaired) electrons. The van der Waals surface area contributed by atoms with Gasteiger partial charge in [-0.3, -0.25) is 0 Å². The van der Waals surface area contributed by atoms with Crippen LogP contribution in [0, 0.1) is 11.8 Å². The minimum absolute atomic E-state index is 0.356. The summed E-state index contributed by atoms with van der Waals surface area (Å²) in [4.78, 5) is 0. The van der Waals surface area contributed by atoms with Crippen LogP contribution in [0.25, 0.3) is 0 Å². The molecule has 54 valence electrons. The van der Waals surface area contributed by atoms with Gasteiger partial charge in [0, 0.05) is 5.92 Å². The summed E-state index contributed by atoms with van der Waals surface area (Å²) in [6.45, 7) is 3.65. The van der Waals surface area contributed by atoms with Crippen molar-refractivity contribution in [1.29, 1.82) is 0 Å². The summed E-state index contributed by atoms with van der Waals surface area (Å²) in [5, 5.41) is 9.82. The predicted octanol–water partition coefficient (Wildman–Crippen LogP) is 1.50. The molecule has 1 fully saturated rings. The minimum atomic E-state index is -0.570. The Morgan fingerprint density at radius 3 is 2.70 bits per heavy atom. The van der Waals surface area contributed by atoms with Gasteiger partial charge in [-0.1, -0.05) is 18.2 Å². The number of rotatable bonds is 1.